The largest absolute Gasteiger partial charge is 0.434 e. The predicted molar refractivity (Wildman–Crippen MR) is 75.1 cm³/mol. The maximum absolute atomic E-state index is 11.1. The number of ether oxygens (including phenoxy) is 1. The maximum Gasteiger partial charge on any atom is 0.332 e. The van der Waals surface area contributed by atoms with Crippen molar-refractivity contribution < 1.29 is 14.5 Å². The molecular formula is C13H9BrN2O4. The summed E-state index contributed by atoms with van der Waals surface area (Å²) in [5.74, 6) is 0.200. The molecule has 0 bridgehead atoms. The lowest BCUT2D eigenvalue weighted by atomic mass is 10.1. The number of hydrogen-bond donors (Lipinski definition) is 0. The molecule has 1 aromatic carbocycles. The van der Waals surface area contributed by atoms with E-state index in [9.17, 15) is 14.9 Å². The van der Waals surface area contributed by atoms with E-state index in [2.05, 4.69) is 20.9 Å². The molecule has 1 aromatic heterocycles. The summed E-state index contributed by atoms with van der Waals surface area (Å²) in [6, 6.07) is 7.60. The van der Waals surface area contributed by atoms with Gasteiger partial charge in [0.05, 0.1) is 4.92 Å². The smallest absolute Gasteiger partial charge is 0.332 e. The molecule has 2 aromatic rings. The van der Waals surface area contributed by atoms with Crippen molar-refractivity contribution in [3.05, 3.63) is 56.7 Å². The van der Waals surface area contributed by atoms with Crippen LogP contribution in [0.4, 0.5) is 5.69 Å². The summed E-state index contributed by atoms with van der Waals surface area (Å²) in [6.45, 7) is 1.46. The van der Waals surface area contributed by atoms with Crippen molar-refractivity contribution in [1.82, 2.24) is 4.98 Å². The number of pyridine rings is 1. The molecule has 102 valence electrons. The Morgan fingerprint density at radius 3 is 2.55 bits per heavy atom. The van der Waals surface area contributed by atoms with Crippen molar-refractivity contribution in [3.63, 3.8) is 0 Å². The van der Waals surface area contributed by atoms with Crippen LogP contribution in [0.25, 0.3) is 0 Å². The summed E-state index contributed by atoms with van der Waals surface area (Å²) < 4.78 is 5.86. The Hall–Kier alpha value is -2.28. The number of rotatable bonds is 4. The molecular weight excluding hydrogens is 328 g/mol. The number of Topliss-reactive ketones (excluding diaryl/α,β-unsaturated/α-hetero) is 1. The van der Waals surface area contributed by atoms with Gasteiger partial charge in [-0.2, -0.15) is 0 Å². The van der Waals surface area contributed by atoms with Gasteiger partial charge in [-0.1, -0.05) is 0 Å². The van der Waals surface area contributed by atoms with Gasteiger partial charge in [0.15, 0.2) is 5.78 Å². The fourth-order valence-electron chi connectivity index (χ4n) is 1.49. The van der Waals surface area contributed by atoms with Gasteiger partial charge in [-0.25, -0.2) is 4.98 Å². The molecule has 6 nitrogen and oxygen atoms in total. The number of aromatic nitrogens is 1. The van der Waals surface area contributed by atoms with Crippen LogP contribution < -0.4 is 4.74 Å². The Morgan fingerprint density at radius 2 is 2.00 bits per heavy atom. The average Bonchev–Trinajstić information content (AvgIpc) is 2.41. The van der Waals surface area contributed by atoms with Crippen LogP contribution in [0.2, 0.25) is 0 Å². The van der Waals surface area contributed by atoms with E-state index in [4.69, 9.17) is 4.74 Å². The van der Waals surface area contributed by atoms with Crippen molar-refractivity contribution in [2.75, 3.05) is 0 Å². The first-order valence-corrected chi connectivity index (χ1v) is 6.35. The molecule has 2 rings (SSSR count). The zero-order chi connectivity index (χ0) is 14.7. The van der Waals surface area contributed by atoms with Crippen LogP contribution in [-0.4, -0.2) is 15.7 Å². The van der Waals surface area contributed by atoms with Gasteiger partial charge in [-0.15, -0.1) is 0 Å². The molecule has 1 heterocycles. The number of halogens is 1. The van der Waals surface area contributed by atoms with E-state index in [-0.39, 0.29) is 17.4 Å². The lowest BCUT2D eigenvalue weighted by Crippen LogP contribution is -1.96. The second kappa shape index (κ2) is 5.79. The lowest BCUT2D eigenvalue weighted by Gasteiger charge is -2.05. The van der Waals surface area contributed by atoms with Gasteiger partial charge in [0.2, 0.25) is 0 Å². The molecule has 7 heteroatoms. The SMILES string of the molecule is CC(=O)c1ccc(Oc2ncc(Br)cc2[N+](=O)[O-])cc1. The second-order valence-corrected chi connectivity index (χ2v) is 4.83. The number of ketones is 1. The summed E-state index contributed by atoms with van der Waals surface area (Å²) in [5, 5.41) is 10.9. The minimum Gasteiger partial charge on any atom is -0.434 e. The molecule has 0 fully saturated rings. The standard InChI is InChI=1S/C13H9BrN2O4/c1-8(17)9-2-4-11(5-3-9)20-13-12(16(18)19)6-10(14)7-15-13/h2-7H,1H3. The second-order valence-electron chi connectivity index (χ2n) is 3.92. The number of nitro groups is 1. The molecule has 0 aliphatic carbocycles. The molecule has 0 saturated carbocycles. The number of nitrogens with zero attached hydrogens (tertiary/aromatic N) is 2. The summed E-state index contributed by atoms with van der Waals surface area (Å²) in [7, 11) is 0. The zero-order valence-electron chi connectivity index (χ0n) is 10.4. The molecule has 0 N–H and O–H groups in total. The van der Waals surface area contributed by atoms with Gasteiger partial charge >= 0.3 is 5.69 Å². The monoisotopic (exact) mass is 336 g/mol. The highest BCUT2D eigenvalue weighted by Gasteiger charge is 2.18. The molecule has 0 unspecified atom stereocenters. The topological polar surface area (TPSA) is 82.3 Å². The Labute approximate surface area is 122 Å². The van der Waals surface area contributed by atoms with Gasteiger partial charge in [-0.05, 0) is 47.1 Å². The number of carbonyl (C=O) groups is 1. The summed E-state index contributed by atoms with van der Waals surface area (Å²) >= 11 is 3.12. The predicted octanol–water partition coefficient (Wildman–Crippen LogP) is 3.75. The van der Waals surface area contributed by atoms with Gasteiger partial charge in [0, 0.05) is 22.3 Å². The van der Waals surface area contributed by atoms with E-state index in [0.717, 1.165) is 0 Å². The molecule has 0 saturated heterocycles. The first-order valence-electron chi connectivity index (χ1n) is 5.56. The molecule has 0 aliphatic heterocycles. The van der Waals surface area contributed by atoms with Crippen LogP contribution in [0.1, 0.15) is 17.3 Å². The van der Waals surface area contributed by atoms with Gasteiger partial charge in [-0.3, -0.25) is 14.9 Å². The third-order valence-corrected chi connectivity index (χ3v) is 2.90. The average molecular weight is 337 g/mol. The van der Waals surface area contributed by atoms with Crippen molar-refractivity contribution >= 4 is 27.4 Å². The molecule has 0 aliphatic rings. The van der Waals surface area contributed by atoms with Crippen LogP contribution in [0.5, 0.6) is 11.6 Å². The molecule has 0 radical (unpaired) electrons. The van der Waals surface area contributed by atoms with Crippen LogP contribution >= 0.6 is 15.9 Å². The normalized spacial score (nSPS) is 10.1. The van der Waals surface area contributed by atoms with Crippen LogP contribution in [0.3, 0.4) is 0 Å². The third-order valence-electron chi connectivity index (χ3n) is 2.47. The minimum absolute atomic E-state index is 0.0655. The van der Waals surface area contributed by atoms with E-state index in [1.54, 1.807) is 24.3 Å². The number of benzene rings is 1. The fourth-order valence-corrected chi connectivity index (χ4v) is 1.81. The molecule has 0 amide bonds. The van der Waals surface area contributed by atoms with E-state index in [1.807, 2.05) is 0 Å². The highest BCUT2D eigenvalue weighted by molar-refractivity contribution is 9.10. The van der Waals surface area contributed by atoms with Crippen molar-refractivity contribution in [2.24, 2.45) is 0 Å². The highest BCUT2D eigenvalue weighted by atomic mass is 79.9. The first kappa shape index (κ1) is 14.1. The summed E-state index contributed by atoms with van der Waals surface area (Å²) in [4.78, 5) is 25.4. The number of carbonyl (C=O) groups excluding carboxylic acids is 1. The third kappa shape index (κ3) is 3.18. The molecule has 0 atom stereocenters. The van der Waals surface area contributed by atoms with Crippen LogP contribution in [-0.2, 0) is 0 Å². The highest BCUT2D eigenvalue weighted by Crippen LogP contribution is 2.31. The van der Waals surface area contributed by atoms with Crippen molar-refractivity contribution in [3.8, 4) is 11.6 Å². The Balaban J connectivity index is 2.30. The van der Waals surface area contributed by atoms with E-state index >= 15 is 0 Å². The van der Waals surface area contributed by atoms with Gasteiger partial charge < -0.3 is 4.74 Å². The number of hydrogen-bond acceptors (Lipinski definition) is 5. The van der Waals surface area contributed by atoms with E-state index in [0.29, 0.717) is 15.8 Å². The van der Waals surface area contributed by atoms with E-state index < -0.39 is 4.92 Å². The van der Waals surface area contributed by atoms with Gasteiger partial charge in [0.25, 0.3) is 5.88 Å². The zero-order valence-corrected chi connectivity index (χ0v) is 12.0. The Morgan fingerprint density at radius 1 is 1.35 bits per heavy atom. The fraction of sp³-hybridized carbons (Fsp3) is 0.0769. The quantitative estimate of drug-likeness (QED) is 0.482. The first-order chi connectivity index (χ1) is 9.47. The Kier molecular flexibility index (Phi) is 4.09. The maximum atomic E-state index is 11.1. The summed E-state index contributed by atoms with van der Waals surface area (Å²) in [5.41, 5.74) is 0.297. The van der Waals surface area contributed by atoms with Crippen molar-refractivity contribution in [1.29, 1.82) is 0 Å². The van der Waals surface area contributed by atoms with Gasteiger partial charge in [0.1, 0.15) is 5.75 Å². The molecule has 20 heavy (non-hydrogen) atoms. The molecule has 0 spiro atoms. The lowest BCUT2D eigenvalue weighted by molar-refractivity contribution is -0.386. The minimum atomic E-state index is -0.572. The van der Waals surface area contributed by atoms with Crippen LogP contribution in [0.15, 0.2) is 41.0 Å². The van der Waals surface area contributed by atoms with Crippen LogP contribution in [0, 0.1) is 10.1 Å². The summed E-state index contributed by atoms with van der Waals surface area (Å²) in [6.07, 6.45) is 1.41. The van der Waals surface area contributed by atoms with E-state index in [1.165, 1.54) is 19.2 Å². The van der Waals surface area contributed by atoms with Crippen molar-refractivity contribution in [2.45, 2.75) is 6.92 Å². The Bertz CT molecular complexity index is 671.